The number of likely N-dealkylation sites (tertiary alicyclic amines) is 1. The van der Waals surface area contributed by atoms with Gasteiger partial charge in [-0.25, -0.2) is 0 Å². The molecule has 0 unspecified atom stereocenters. The quantitative estimate of drug-likeness (QED) is 0.847. The summed E-state index contributed by atoms with van der Waals surface area (Å²) in [5, 5.41) is 7.00. The minimum atomic E-state index is -0.577. The first-order chi connectivity index (χ1) is 11.0. The lowest BCUT2D eigenvalue weighted by atomic mass is 9.91. The third-order valence-electron chi connectivity index (χ3n) is 4.52. The standard InChI is InChI=1S/C16H26N4O3/c1-5-19-10-13(12(2)18-19)15(22)20-8-6-7-16(20,11-23-4)9-14(21)17-3/h10H,5-9,11H2,1-4H3,(H,17,21)/t16-/m1/s1. The van der Waals surface area contributed by atoms with E-state index in [0.29, 0.717) is 18.7 Å². The van der Waals surface area contributed by atoms with E-state index in [1.807, 2.05) is 13.8 Å². The number of hydrogen-bond donors (Lipinski definition) is 1. The highest BCUT2D eigenvalue weighted by atomic mass is 16.5. The van der Waals surface area contributed by atoms with Gasteiger partial charge in [-0.1, -0.05) is 0 Å². The summed E-state index contributed by atoms with van der Waals surface area (Å²) in [7, 11) is 3.21. The van der Waals surface area contributed by atoms with Crippen LogP contribution >= 0.6 is 0 Å². The molecule has 0 aromatic carbocycles. The third-order valence-corrected chi connectivity index (χ3v) is 4.52. The van der Waals surface area contributed by atoms with Gasteiger partial charge in [0.2, 0.25) is 5.91 Å². The number of nitrogens with zero attached hydrogens (tertiary/aromatic N) is 3. The fourth-order valence-electron chi connectivity index (χ4n) is 3.33. The van der Waals surface area contributed by atoms with E-state index in [1.165, 1.54) is 0 Å². The lowest BCUT2D eigenvalue weighted by molar-refractivity contribution is -0.123. The maximum atomic E-state index is 13.0. The fourth-order valence-corrected chi connectivity index (χ4v) is 3.33. The Morgan fingerprint density at radius 2 is 2.22 bits per heavy atom. The summed E-state index contributed by atoms with van der Waals surface area (Å²) >= 11 is 0. The molecule has 1 atom stereocenters. The van der Waals surface area contributed by atoms with E-state index < -0.39 is 5.54 Å². The average Bonchev–Trinajstić information content (AvgIpc) is 3.10. The molecule has 128 valence electrons. The van der Waals surface area contributed by atoms with Crippen molar-refractivity contribution in [1.29, 1.82) is 0 Å². The summed E-state index contributed by atoms with van der Waals surface area (Å²) in [5.41, 5.74) is 0.744. The Labute approximate surface area is 137 Å². The molecule has 1 fully saturated rings. The van der Waals surface area contributed by atoms with Gasteiger partial charge in [0.05, 0.1) is 29.8 Å². The first kappa shape index (κ1) is 17.5. The van der Waals surface area contributed by atoms with Gasteiger partial charge in [-0.05, 0) is 26.7 Å². The number of nitrogens with one attached hydrogen (secondary N) is 1. The van der Waals surface area contributed by atoms with Crippen molar-refractivity contribution in [3.63, 3.8) is 0 Å². The monoisotopic (exact) mass is 322 g/mol. The Kier molecular flexibility index (Phi) is 5.41. The van der Waals surface area contributed by atoms with E-state index in [9.17, 15) is 9.59 Å². The minimum absolute atomic E-state index is 0.0688. The summed E-state index contributed by atoms with van der Waals surface area (Å²) in [6.45, 7) is 5.53. The highest BCUT2D eigenvalue weighted by Crippen LogP contribution is 2.34. The zero-order valence-corrected chi connectivity index (χ0v) is 14.4. The van der Waals surface area contributed by atoms with Crippen molar-refractivity contribution in [1.82, 2.24) is 20.0 Å². The molecule has 7 heteroatoms. The number of hydrogen-bond acceptors (Lipinski definition) is 4. The maximum Gasteiger partial charge on any atom is 0.257 e. The number of carbonyl (C=O) groups excluding carboxylic acids is 2. The van der Waals surface area contributed by atoms with Crippen molar-refractivity contribution >= 4 is 11.8 Å². The molecule has 2 amide bonds. The van der Waals surface area contributed by atoms with Gasteiger partial charge < -0.3 is 15.0 Å². The second kappa shape index (κ2) is 7.12. The normalized spacial score (nSPS) is 20.8. The number of amides is 2. The number of aromatic nitrogens is 2. The summed E-state index contributed by atoms with van der Waals surface area (Å²) in [6, 6.07) is 0. The number of methoxy groups -OCH3 is 1. The number of aryl methyl sites for hydroxylation is 2. The van der Waals surface area contributed by atoms with Crippen LogP contribution in [0.25, 0.3) is 0 Å². The van der Waals surface area contributed by atoms with Gasteiger partial charge in [0.1, 0.15) is 0 Å². The van der Waals surface area contributed by atoms with Crippen LogP contribution in [0, 0.1) is 6.92 Å². The van der Waals surface area contributed by atoms with Crippen LogP contribution in [0.5, 0.6) is 0 Å². The molecule has 23 heavy (non-hydrogen) atoms. The molecule has 1 aliphatic rings. The number of ether oxygens (including phenoxy) is 1. The Balaban J connectivity index is 2.32. The Bertz CT molecular complexity index is 584. The average molecular weight is 322 g/mol. The van der Waals surface area contributed by atoms with Crippen LogP contribution in [-0.2, 0) is 16.1 Å². The van der Waals surface area contributed by atoms with Crippen LogP contribution in [0.15, 0.2) is 6.20 Å². The first-order valence-electron chi connectivity index (χ1n) is 8.03. The van der Waals surface area contributed by atoms with E-state index in [4.69, 9.17) is 4.74 Å². The SMILES string of the molecule is CCn1cc(C(=O)N2CCC[C@]2(COC)CC(=O)NC)c(C)n1. The van der Waals surface area contributed by atoms with Crippen molar-refractivity contribution in [3.8, 4) is 0 Å². The molecular formula is C16H26N4O3. The van der Waals surface area contributed by atoms with Crippen molar-refractivity contribution in [2.45, 2.75) is 45.2 Å². The number of rotatable bonds is 6. The van der Waals surface area contributed by atoms with Gasteiger partial charge in [-0.2, -0.15) is 5.10 Å². The van der Waals surface area contributed by atoms with Crippen LogP contribution in [-0.4, -0.2) is 59.3 Å². The van der Waals surface area contributed by atoms with Gasteiger partial charge in [-0.3, -0.25) is 14.3 Å². The van der Waals surface area contributed by atoms with Crippen LogP contribution < -0.4 is 5.32 Å². The zero-order chi connectivity index (χ0) is 17.0. The number of carbonyl (C=O) groups is 2. The van der Waals surface area contributed by atoms with Gasteiger partial charge in [0, 0.05) is 33.4 Å². The van der Waals surface area contributed by atoms with Gasteiger partial charge in [-0.15, -0.1) is 0 Å². The van der Waals surface area contributed by atoms with E-state index in [-0.39, 0.29) is 18.2 Å². The smallest absolute Gasteiger partial charge is 0.257 e. The van der Waals surface area contributed by atoms with E-state index in [2.05, 4.69) is 10.4 Å². The van der Waals surface area contributed by atoms with Gasteiger partial charge in [0.25, 0.3) is 5.91 Å². The zero-order valence-electron chi connectivity index (χ0n) is 14.4. The predicted octanol–water partition coefficient (Wildman–Crippen LogP) is 0.969. The highest BCUT2D eigenvalue weighted by molar-refractivity contribution is 5.96. The third kappa shape index (κ3) is 3.39. The summed E-state index contributed by atoms with van der Waals surface area (Å²) < 4.78 is 7.11. The Hall–Kier alpha value is -1.89. The molecule has 1 N–H and O–H groups in total. The molecule has 2 rings (SSSR count). The fraction of sp³-hybridized carbons (Fsp3) is 0.688. The molecule has 0 radical (unpaired) electrons. The van der Waals surface area contributed by atoms with Crippen molar-refractivity contribution < 1.29 is 14.3 Å². The van der Waals surface area contributed by atoms with E-state index in [0.717, 1.165) is 25.1 Å². The maximum absolute atomic E-state index is 13.0. The van der Waals surface area contributed by atoms with Gasteiger partial charge >= 0.3 is 0 Å². The Morgan fingerprint density at radius 1 is 1.48 bits per heavy atom. The molecule has 1 aliphatic heterocycles. The second-order valence-corrected chi connectivity index (χ2v) is 6.05. The molecular weight excluding hydrogens is 296 g/mol. The van der Waals surface area contributed by atoms with Crippen molar-refractivity contribution in [2.24, 2.45) is 0 Å². The molecule has 2 heterocycles. The molecule has 1 saturated heterocycles. The molecule has 0 bridgehead atoms. The molecule has 1 aromatic heterocycles. The molecule has 7 nitrogen and oxygen atoms in total. The lowest BCUT2D eigenvalue weighted by Gasteiger charge is -2.37. The molecule has 1 aromatic rings. The van der Waals surface area contributed by atoms with Gasteiger partial charge in [0.15, 0.2) is 0 Å². The van der Waals surface area contributed by atoms with Crippen LogP contribution in [0.4, 0.5) is 0 Å². The van der Waals surface area contributed by atoms with Crippen molar-refractivity contribution in [2.75, 3.05) is 27.3 Å². The minimum Gasteiger partial charge on any atom is -0.382 e. The van der Waals surface area contributed by atoms with E-state index >= 15 is 0 Å². The predicted molar refractivity (Wildman–Crippen MR) is 86.2 cm³/mol. The largest absolute Gasteiger partial charge is 0.382 e. The molecule has 0 saturated carbocycles. The van der Waals surface area contributed by atoms with Crippen LogP contribution in [0.3, 0.4) is 0 Å². The highest BCUT2D eigenvalue weighted by Gasteiger charge is 2.45. The van der Waals surface area contributed by atoms with Crippen LogP contribution in [0.1, 0.15) is 42.2 Å². The Morgan fingerprint density at radius 3 is 2.78 bits per heavy atom. The van der Waals surface area contributed by atoms with Crippen molar-refractivity contribution in [3.05, 3.63) is 17.5 Å². The summed E-state index contributed by atoms with van der Waals surface area (Å²) in [6.07, 6.45) is 3.67. The van der Waals surface area contributed by atoms with E-state index in [1.54, 1.807) is 29.9 Å². The summed E-state index contributed by atoms with van der Waals surface area (Å²) in [5.74, 6) is -0.150. The lowest BCUT2D eigenvalue weighted by Crippen LogP contribution is -2.52. The second-order valence-electron chi connectivity index (χ2n) is 6.05. The first-order valence-corrected chi connectivity index (χ1v) is 8.03. The van der Waals surface area contributed by atoms with Crippen LogP contribution in [0.2, 0.25) is 0 Å². The molecule has 0 spiro atoms. The molecule has 0 aliphatic carbocycles. The topological polar surface area (TPSA) is 76.5 Å². The summed E-state index contributed by atoms with van der Waals surface area (Å²) in [4.78, 5) is 26.8.